The standard InChI is InChI=1S/C15H24N4O2/c1-11-16-14(21-18-11)12-6-5-9-19(10-12)15(20)17-13-7-3-2-4-8-13/h12-13H,2-10H2,1H3,(H,17,20). The number of carbonyl (C=O) groups is 1. The molecule has 6 nitrogen and oxygen atoms in total. The van der Waals surface area contributed by atoms with Gasteiger partial charge in [-0.2, -0.15) is 4.98 Å². The van der Waals surface area contributed by atoms with Gasteiger partial charge in [0.15, 0.2) is 5.82 Å². The van der Waals surface area contributed by atoms with Crippen molar-refractivity contribution in [2.45, 2.75) is 63.8 Å². The van der Waals surface area contributed by atoms with Crippen molar-refractivity contribution in [3.05, 3.63) is 11.7 Å². The van der Waals surface area contributed by atoms with Gasteiger partial charge in [0.2, 0.25) is 5.89 Å². The third-order valence-electron chi connectivity index (χ3n) is 4.53. The van der Waals surface area contributed by atoms with Gasteiger partial charge in [0.05, 0.1) is 5.92 Å². The molecule has 6 heteroatoms. The van der Waals surface area contributed by atoms with E-state index in [0.717, 1.165) is 32.2 Å². The highest BCUT2D eigenvalue weighted by Gasteiger charge is 2.29. The van der Waals surface area contributed by atoms with Gasteiger partial charge in [0, 0.05) is 19.1 Å². The molecule has 21 heavy (non-hydrogen) atoms. The van der Waals surface area contributed by atoms with Gasteiger partial charge in [-0.15, -0.1) is 0 Å². The number of hydrogen-bond acceptors (Lipinski definition) is 4. The van der Waals surface area contributed by atoms with Crippen molar-refractivity contribution in [1.29, 1.82) is 0 Å². The van der Waals surface area contributed by atoms with Crippen molar-refractivity contribution >= 4 is 6.03 Å². The number of likely N-dealkylation sites (tertiary alicyclic amines) is 1. The van der Waals surface area contributed by atoms with Crippen molar-refractivity contribution < 1.29 is 9.32 Å². The summed E-state index contributed by atoms with van der Waals surface area (Å²) in [6.07, 6.45) is 8.00. The summed E-state index contributed by atoms with van der Waals surface area (Å²) in [7, 11) is 0. The maximum absolute atomic E-state index is 12.4. The molecule has 1 unspecified atom stereocenters. The molecular weight excluding hydrogens is 268 g/mol. The first-order chi connectivity index (χ1) is 10.2. The van der Waals surface area contributed by atoms with Crippen LogP contribution in [0.15, 0.2) is 4.52 Å². The molecule has 1 aliphatic carbocycles. The number of amides is 2. The monoisotopic (exact) mass is 292 g/mol. The van der Waals surface area contributed by atoms with Crippen LogP contribution < -0.4 is 5.32 Å². The second kappa shape index (κ2) is 6.45. The van der Waals surface area contributed by atoms with Gasteiger partial charge in [0.25, 0.3) is 0 Å². The Morgan fingerprint density at radius 1 is 1.24 bits per heavy atom. The van der Waals surface area contributed by atoms with E-state index in [4.69, 9.17) is 4.52 Å². The Bertz CT molecular complexity index is 482. The molecule has 0 radical (unpaired) electrons. The van der Waals surface area contributed by atoms with Crippen molar-refractivity contribution in [2.75, 3.05) is 13.1 Å². The highest BCUT2D eigenvalue weighted by Crippen LogP contribution is 2.26. The molecule has 1 aliphatic heterocycles. The van der Waals surface area contributed by atoms with Crippen LogP contribution in [0.3, 0.4) is 0 Å². The summed E-state index contributed by atoms with van der Waals surface area (Å²) < 4.78 is 5.26. The molecule has 1 N–H and O–H groups in total. The number of nitrogens with one attached hydrogen (secondary N) is 1. The molecular formula is C15H24N4O2. The van der Waals surface area contributed by atoms with E-state index in [1.54, 1.807) is 0 Å². The molecule has 3 rings (SSSR count). The summed E-state index contributed by atoms with van der Waals surface area (Å²) in [5, 5.41) is 7.04. The van der Waals surface area contributed by atoms with Crippen LogP contribution >= 0.6 is 0 Å². The number of carbonyl (C=O) groups excluding carboxylic acids is 1. The highest BCUT2D eigenvalue weighted by molar-refractivity contribution is 5.74. The first kappa shape index (κ1) is 14.4. The van der Waals surface area contributed by atoms with Crippen LogP contribution in [0.1, 0.15) is 62.6 Å². The molecule has 1 atom stereocenters. The quantitative estimate of drug-likeness (QED) is 0.909. The van der Waals surface area contributed by atoms with E-state index in [0.29, 0.717) is 24.3 Å². The van der Waals surface area contributed by atoms with Gasteiger partial charge in [-0.05, 0) is 32.6 Å². The maximum atomic E-state index is 12.4. The fraction of sp³-hybridized carbons (Fsp3) is 0.800. The number of hydrogen-bond donors (Lipinski definition) is 1. The summed E-state index contributed by atoms with van der Waals surface area (Å²) in [4.78, 5) is 18.6. The van der Waals surface area contributed by atoms with E-state index in [-0.39, 0.29) is 11.9 Å². The molecule has 2 aliphatic rings. The molecule has 0 bridgehead atoms. The Morgan fingerprint density at radius 2 is 2.05 bits per heavy atom. The van der Waals surface area contributed by atoms with Crippen molar-refractivity contribution in [1.82, 2.24) is 20.4 Å². The molecule has 1 saturated heterocycles. The summed E-state index contributed by atoms with van der Waals surface area (Å²) in [5.74, 6) is 1.51. The zero-order valence-corrected chi connectivity index (χ0v) is 12.7. The molecule has 1 saturated carbocycles. The summed E-state index contributed by atoms with van der Waals surface area (Å²) in [5.41, 5.74) is 0. The Kier molecular flexibility index (Phi) is 4.41. The Hall–Kier alpha value is -1.59. The largest absolute Gasteiger partial charge is 0.339 e. The lowest BCUT2D eigenvalue weighted by Gasteiger charge is -2.33. The van der Waals surface area contributed by atoms with E-state index >= 15 is 0 Å². The van der Waals surface area contributed by atoms with E-state index in [9.17, 15) is 4.79 Å². The van der Waals surface area contributed by atoms with Crippen LogP contribution in [0.2, 0.25) is 0 Å². The number of aromatic nitrogens is 2. The highest BCUT2D eigenvalue weighted by atomic mass is 16.5. The van der Waals surface area contributed by atoms with Gasteiger partial charge in [-0.3, -0.25) is 0 Å². The van der Waals surface area contributed by atoms with Crippen LogP contribution in [0, 0.1) is 6.92 Å². The lowest BCUT2D eigenvalue weighted by molar-refractivity contribution is 0.166. The van der Waals surface area contributed by atoms with Gasteiger partial charge in [-0.25, -0.2) is 4.79 Å². The number of aryl methyl sites for hydroxylation is 1. The predicted molar refractivity (Wildman–Crippen MR) is 78.0 cm³/mol. The number of rotatable bonds is 2. The Labute approximate surface area is 125 Å². The van der Waals surface area contributed by atoms with E-state index < -0.39 is 0 Å². The average molecular weight is 292 g/mol. The summed E-state index contributed by atoms with van der Waals surface area (Å²) in [6, 6.07) is 0.431. The molecule has 116 valence electrons. The van der Waals surface area contributed by atoms with Crippen LogP contribution in [-0.4, -0.2) is 40.2 Å². The maximum Gasteiger partial charge on any atom is 0.317 e. The van der Waals surface area contributed by atoms with E-state index in [1.165, 1.54) is 19.3 Å². The molecule has 1 aromatic heterocycles. The van der Waals surface area contributed by atoms with Crippen LogP contribution in [0.5, 0.6) is 0 Å². The zero-order chi connectivity index (χ0) is 14.7. The zero-order valence-electron chi connectivity index (χ0n) is 12.7. The van der Waals surface area contributed by atoms with Gasteiger partial charge in [-0.1, -0.05) is 24.4 Å². The van der Waals surface area contributed by atoms with Crippen LogP contribution in [0.25, 0.3) is 0 Å². The second-order valence-electron chi connectivity index (χ2n) is 6.25. The Balaban J connectivity index is 1.56. The van der Waals surface area contributed by atoms with E-state index in [1.807, 2.05) is 11.8 Å². The first-order valence-corrected chi connectivity index (χ1v) is 8.08. The van der Waals surface area contributed by atoms with Crippen molar-refractivity contribution in [2.24, 2.45) is 0 Å². The second-order valence-corrected chi connectivity index (χ2v) is 6.25. The Morgan fingerprint density at radius 3 is 2.76 bits per heavy atom. The minimum atomic E-state index is 0.0721. The normalized spacial score (nSPS) is 24.0. The number of nitrogens with zero attached hydrogens (tertiary/aromatic N) is 3. The van der Waals surface area contributed by atoms with Crippen molar-refractivity contribution in [3.8, 4) is 0 Å². The molecule has 0 aromatic carbocycles. The fourth-order valence-electron chi connectivity index (χ4n) is 3.35. The molecule has 2 heterocycles. The van der Waals surface area contributed by atoms with Gasteiger partial charge >= 0.3 is 6.03 Å². The summed E-state index contributed by atoms with van der Waals surface area (Å²) >= 11 is 0. The lowest BCUT2D eigenvalue weighted by Crippen LogP contribution is -2.48. The molecule has 1 aromatic rings. The SMILES string of the molecule is Cc1noc(C2CCCN(C(=O)NC3CCCCC3)C2)n1. The minimum Gasteiger partial charge on any atom is -0.339 e. The number of piperidine rings is 1. The smallest absolute Gasteiger partial charge is 0.317 e. The van der Waals surface area contributed by atoms with Gasteiger partial charge < -0.3 is 14.7 Å². The number of urea groups is 1. The lowest BCUT2D eigenvalue weighted by atomic mass is 9.95. The van der Waals surface area contributed by atoms with Crippen LogP contribution in [0.4, 0.5) is 4.79 Å². The predicted octanol–water partition coefficient (Wildman–Crippen LogP) is 2.60. The molecule has 2 amide bonds. The van der Waals surface area contributed by atoms with Gasteiger partial charge in [0.1, 0.15) is 0 Å². The first-order valence-electron chi connectivity index (χ1n) is 8.08. The van der Waals surface area contributed by atoms with Crippen LogP contribution in [-0.2, 0) is 0 Å². The average Bonchev–Trinajstić information content (AvgIpc) is 2.95. The fourth-order valence-corrected chi connectivity index (χ4v) is 3.35. The topological polar surface area (TPSA) is 71.3 Å². The van der Waals surface area contributed by atoms with E-state index in [2.05, 4.69) is 15.5 Å². The molecule has 0 spiro atoms. The minimum absolute atomic E-state index is 0.0721. The molecule has 2 fully saturated rings. The third-order valence-corrected chi connectivity index (χ3v) is 4.53. The summed E-state index contributed by atoms with van der Waals surface area (Å²) in [6.45, 7) is 3.33. The van der Waals surface area contributed by atoms with Crippen molar-refractivity contribution in [3.63, 3.8) is 0 Å². The third kappa shape index (κ3) is 3.54.